The number of rotatable bonds is 4. The molecule has 2 saturated heterocycles. The molecular formula is C17H27N5O. The summed E-state index contributed by atoms with van der Waals surface area (Å²) in [5.74, 6) is 1.96. The molecule has 126 valence electrons. The van der Waals surface area contributed by atoms with Crippen LogP contribution in [0.2, 0.25) is 0 Å². The van der Waals surface area contributed by atoms with Crippen molar-refractivity contribution in [3.8, 4) is 0 Å². The lowest BCUT2D eigenvalue weighted by molar-refractivity contribution is -0.131. The monoisotopic (exact) mass is 317 g/mol. The molecule has 1 N–H and O–H groups in total. The van der Waals surface area contributed by atoms with Gasteiger partial charge >= 0.3 is 0 Å². The lowest BCUT2D eigenvalue weighted by atomic mass is 9.93. The Morgan fingerprint density at radius 1 is 1.22 bits per heavy atom. The molecule has 0 aliphatic carbocycles. The van der Waals surface area contributed by atoms with Crippen molar-refractivity contribution in [1.82, 2.24) is 20.4 Å². The van der Waals surface area contributed by atoms with Crippen LogP contribution in [0.3, 0.4) is 0 Å². The van der Waals surface area contributed by atoms with Crippen molar-refractivity contribution < 1.29 is 4.79 Å². The van der Waals surface area contributed by atoms with Crippen LogP contribution < -0.4 is 10.2 Å². The zero-order chi connectivity index (χ0) is 15.9. The van der Waals surface area contributed by atoms with Crippen molar-refractivity contribution in [3.63, 3.8) is 0 Å². The average molecular weight is 317 g/mol. The number of aromatic nitrogens is 2. The Morgan fingerprint density at radius 3 is 2.87 bits per heavy atom. The second-order valence-electron chi connectivity index (χ2n) is 6.54. The quantitative estimate of drug-likeness (QED) is 0.907. The van der Waals surface area contributed by atoms with E-state index in [1.807, 2.05) is 17.0 Å². The topological polar surface area (TPSA) is 61.4 Å². The Bertz CT molecular complexity index is 489. The van der Waals surface area contributed by atoms with Crippen molar-refractivity contribution >= 4 is 11.7 Å². The molecule has 0 unspecified atom stereocenters. The molecule has 1 aromatic heterocycles. The smallest absolute Gasteiger partial charge is 0.222 e. The highest BCUT2D eigenvalue weighted by Gasteiger charge is 2.21. The maximum atomic E-state index is 12.5. The number of anilines is 1. The second kappa shape index (κ2) is 8.24. The molecule has 0 bridgehead atoms. The first-order chi connectivity index (χ1) is 11.3. The van der Waals surface area contributed by atoms with Gasteiger partial charge in [-0.15, -0.1) is 5.10 Å². The van der Waals surface area contributed by atoms with Crippen LogP contribution in [0.1, 0.15) is 32.1 Å². The van der Waals surface area contributed by atoms with Gasteiger partial charge in [0.2, 0.25) is 5.91 Å². The molecule has 23 heavy (non-hydrogen) atoms. The lowest BCUT2D eigenvalue weighted by Crippen LogP contribution is -2.36. The van der Waals surface area contributed by atoms with Gasteiger partial charge in [-0.3, -0.25) is 4.79 Å². The number of carbonyl (C=O) groups excluding carboxylic acids is 1. The van der Waals surface area contributed by atoms with E-state index >= 15 is 0 Å². The molecule has 2 fully saturated rings. The van der Waals surface area contributed by atoms with Crippen LogP contribution in [0.5, 0.6) is 0 Å². The van der Waals surface area contributed by atoms with Crippen LogP contribution in [-0.2, 0) is 4.79 Å². The minimum absolute atomic E-state index is 0.324. The van der Waals surface area contributed by atoms with E-state index in [0.29, 0.717) is 12.3 Å². The normalized spacial score (nSPS) is 20.3. The van der Waals surface area contributed by atoms with Crippen LogP contribution in [-0.4, -0.2) is 60.3 Å². The summed E-state index contributed by atoms with van der Waals surface area (Å²) in [5, 5.41) is 11.5. The molecule has 0 spiro atoms. The van der Waals surface area contributed by atoms with Gasteiger partial charge in [-0.2, -0.15) is 5.10 Å². The van der Waals surface area contributed by atoms with Gasteiger partial charge in [-0.1, -0.05) is 0 Å². The lowest BCUT2D eigenvalue weighted by Gasteiger charge is -2.25. The molecule has 2 aliphatic rings. The molecule has 0 saturated carbocycles. The fourth-order valence-electron chi connectivity index (χ4n) is 3.51. The molecule has 1 aromatic rings. The van der Waals surface area contributed by atoms with Gasteiger partial charge in [-0.05, 0) is 56.8 Å². The highest BCUT2D eigenvalue weighted by molar-refractivity contribution is 5.76. The third kappa shape index (κ3) is 4.64. The molecule has 2 aliphatic heterocycles. The summed E-state index contributed by atoms with van der Waals surface area (Å²) in [5.41, 5.74) is 0. The first-order valence-corrected chi connectivity index (χ1v) is 8.84. The zero-order valence-electron chi connectivity index (χ0n) is 13.8. The van der Waals surface area contributed by atoms with E-state index in [2.05, 4.69) is 20.4 Å². The molecule has 6 nitrogen and oxygen atoms in total. The summed E-state index contributed by atoms with van der Waals surface area (Å²) >= 11 is 0. The summed E-state index contributed by atoms with van der Waals surface area (Å²) in [7, 11) is 0. The fraction of sp³-hybridized carbons (Fsp3) is 0.706. The first-order valence-electron chi connectivity index (χ1n) is 8.84. The second-order valence-corrected chi connectivity index (χ2v) is 6.54. The molecule has 1 amide bonds. The van der Waals surface area contributed by atoms with Gasteiger partial charge in [0.25, 0.3) is 0 Å². The van der Waals surface area contributed by atoms with Crippen LogP contribution in [0, 0.1) is 5.92 Å². The number of piperidine rings is 1. The van der Waals surface area contributed by atoms with Gasteiger partial charge in [-0.25, -0.2) is 0 Å². The number of hydrogen-bond acceptors (Lipinski definition) is 5. The van der Waals surface area contributed by atoms with Crippen molar-refractivity contribution in [3.05, 3.63) is 18.3 Å². The number of nitrogens with zero attached hydrogens (tertiary/aromatic N) is 4. The minimum Gasteiger partial charge on any atom is -0.353 e. The molecule has 0 aromatic carbocycles. The van der Waals surface area contributed by atoms with Gasteiger partial charge < -0.3 is 15.1 Å². The zero-order valence-corrected chi connectivity index (χ0v) is 13.8. The van der Waals surface area contributed by atoms with Gasteiger partial charge in [0.15, 0.2) is 5.82 Å². The molecule has 0 radical (unpaired) electrons. The third-order valence-corrected chi connectivity index (χ3v) is 4.96. The number of carbonyl (C=O) groups is 1. The van der Waals surface area contributed by atoms with Crippen LogP contribution in [0.25, 0.3) is 0 Å². The summed E-state index contributed by atoms with van der Waals surface area (Å²) in [4.78, 5) is 16.8. The molecule has 3 heterocycles. The van der Waals surface area contributed by atoms with E-state index in [4.69, 9.17) is 0 Å². The standard InChI is InChI=1S/C17H27N5O/c23-17(5-4-15-6-9-18-10-7-15)22-12-2-11-21(13-14-22)16-3-1-8-19-20-16/h1,3,8,15,18H,2,4-7,9-14H2. The Kier molecular flexibility index (Phi) is 5.80. The predicted octanol–water partition coefficient (Wildman–Crippen LogP) is 1.30. The number of nitrogens with one attached hydrogen (secondary N) is 1. The Hall–Kier alpha value is -1.69. The summed E-state index contributed by atoms with van der Waals surface area (Å²) in [6.07, 6.45) is 6.87. The first kappa shape index (κ1) is 16.2. The summed E-state index contributed by atoms with van der Waals surface area (Å²) < 4.78 is 0. The van der Waals surface area contributed by atoms with E-state index < -0.39 is 0 Å². The summed E-state index contributed by atoms with van der Waals surface area (Å²) in [6, 6.07) is 3.90. The highest BCUT2D eigenvalue weighted by Crippen LogP contribution is 2.19. The minimum atomic E-state index is 0.324. The largest absolute Gasteiger partial charge is 0.353 e. The van der Waals surface area contributed by atoms with Crippen molar-refractivity contribution in [2.75, 3.05) is 44.2 Å². The maximum absolute atomic E-state index is 12.5. The Labute approximate surface area is 138 Å². The molecule has 0 atom stereocenters. The summed E-state index contributed by atoms with van der Waals surface area (Å²) in [6.45, 7) is 5.66. The Balaban J connectivity index is 1.46. The maximum Gasteiger partial charge on any atom is 0.222 e. The molecule has 6 heteroatoms. The SMILES string of the molecule is O=C(CCC1CCNCC1)N1CCCN(c2cccnn2)CC1. The highest BCUT2D eigenvalue weighted by atomic mass is 16.2. The van der Waals surface area contributed by atoms with E-state index in [-0.39, 0.29) is 0 Å². The van der Waals surface area contributed by atoms with E-state index in [1.165, 1.54) is 12.8 Å². The van der Waals surface area contributed by atoms with Crippen LogP contribution >= 0.6 is 0 Å². The van der Waals surface area contributed by atoms with Crippen molar-refractivity contribution in [2.45, 2.75) is 32.1 Å². The van der Waals surface area contributed by atoms with Crippen molar-refractivity contribution in [1.29, 1.82) is 0 Å². The molecule has 3 rings (SSSR count). The van der Waals surface area contributed by atoms with Crippen molar-refractivity contribution in [2.24, 2.45) is 5.92 Å². The average Bonchev–Trinajstić information content (AvgIpc) is 2.87. The van der Waals surface area contributed by atoms with Gasteiger partial charge in [0.1, 0.15) is 0 Å². The number of amides is 1. The van der Waals surface area contributed by atoms with E-state index in [9.17, 15) is 4.79 Å². The fourth-order valence-corrected chi connectivity index (χ4v) is 3.51. The van der Waals surface area contributed by atoms with Gasteiger partial charge in [0.05, 0.1) is 0 Å². The Morgan fingerprint density at radius 2 is 2.09 bits per heavy atom. The van der Waals surface area contributed by atoms with Crippen LogP contribution in [0.4, 0.5) is 5.82 Å². The van der Waals surface area contributed by atoms with Gasteiger partial charge in [0, 0.05) is 38.8 Å². The van der Waals surface area contributed by atoms with E-state index in [0.717, 1.165) is 63.8 Å². The predicted molar refractivity (Wildman–Crippen MR) is 90.3 cm³/mol. The molecular weight excluding hydrogens is 290 g/mol. The third-order valence-electron chi connectivity index (χ3n) is 4.96. The number of hydrogen-bond donors (Lipinski definition) is 1. The van der Waals surface area contributed by atoms with Crippen LogP contribution in [0.15, 0.2) is 18.3 Å². The van der Waals surface area contributed by atoms with E-state index in [1.54, 1.807) is 6.20 Å².